The maximum Gasteiger partial charge on any atom is 0.257 e. The monoisotopic (exact) mass is 440 g/mol. The Kier molecular flexibility index (Phi) is 9.34. The smallest absolute Gasteiger partial charge is 0.257 e. The lowest BCUT2D eigenvalue weighted by Crippen LogP contribution is -2.50. The van der Waals surface area contributed by atoms with E-state index < -0.39 is 5.82 Å². The first-order chi connectivity index (χ1) is 15.6. The average Bonchev–Trinajstić information content (AvgIpc) is 2.83. The summed E-state index contributed by atoms with van der Waals surface area (Å²) in [6.07, 6.45) is 3.46. The molecule has 2 aromatic carbocycles. The Morgan fingerprint density at radius 2 is 1.78 bits per heavy atom. The van der Waals surface area contributed by atoms with Gasteiger partial charge in [0.05, 0.1) is 25.5 Å². The standard InChI is InChI=1S/C24H29FN4O3/c25-21-11-5-4-10-20(21)18-27-28-24(31)22(29-14-16-32-17-15-29)12-6-7-13-26-23(30)19-8-2-1-3-9-19/h1-5,8-11,18,22H,6-7,12-17H2,(H,26,30)(H,28,31). The third kappa shape index (κ3) is 7.25. The first-order valence-electron chi connectivity index (χ1n) is 10.9. The van der Waals surface area contributed by atoms with E-state index in [0.717, 1.165) is 12.8 Å². The van der Waals surface area contributed by atoms with Gasteiger partial charge in [0.2, 0.25) is 0 Å². The molecule has 0 radical (unpaired) electrons. The van der Waals surface area contributed by atoms with E-state index in [1.165, 1.54) is 12.3 Å². The van der Waals surface area contributed by atoms with E-state index in [9.17, 15) is 14.0 Å². The van der Waals surface area contributed by atoms with E-state index in [2.05, 4.69) is 20.7 Å². The first-order valence-corrected chi connectivity index (χ1v) is 10.9. The van der Waals surface area contributed by atoms with Gasteiger partial charge in [0.15, 0.2) is 0 Å². The minimum absolute atomic E-state index is 0.101. The van der Waals surface area contributed by atoms with Crippen LogP contribution in [0.4, 0.5) is 4.39 Å². The van der Waals surface area contributed by atoms with Crippen molar-refractivity contribution in [2.75, 3.05) is 32.8 Å². The molecule has 3 rings (SSSR count). The largest absolute Gasteiger partial charge is 0.379 e. The van der Waals surface area contributed by atoms with Gasteiger partial charge >= 0.3 is 0 Å². The highest BCUT2D eigenvalue weighted by Crippen LogP contribution is 2.12. The maximum atomic E-state index is 13.7. The van der Waals surface area contributed by atoms with Gasteiger partial charge in [-0.15, -0.1) is 0 Å². The summed E-state index contributed by atoms with van der Waals surface area (Å²) in [4.78, 5) is 27.0. The van der Waals surface area contributed by atoms with Crippen LogP contribution >= 0.6 is 0 Å². The number of nitrogens with one attached hydrogen (secondary N) is 2. The Morgan fingerprint density at radius 3 is 2.53 bits per heavy atom. The number of rotatable bonds is 10. The van der Waals surface area contributed by atoms with Crippen molar-refractivity contribution in [3.8, 4) is 0 Å². The van der Waals surface area contributed by atoms with Crippen LogP contribution in [0.15, 0.2) is 59.7 Å². The SMILES string of the molecule is O=C(NCCCCC(C(=O)NN=Cc1ccccc1F)N1CCOCC1)c1ccccc1. The van der Waals surface area contributed by atoms with Gasteiger partial charge in [0.25, 0.3) is 11.8 Å². The molecule has 1 atom stereocenters. The molecule has 32 heavy (non-hydrogen) atoms. The van der Waals surface area contributed by atoms with Crippen molar-refractivity contribution in [3.05, 3.63) is 71.5 Å². The zero-order valence-corrected chi connectivity index (χ0v) is 18.0. The third-order valence-electron chi connectivity index (χ3n) is 5.30. The number of benzene rings is 2. The predicted molar refractivity (Wildman–Crippen MR) is 121 cm³/mol. The lowest BCUT2D eigenvalue weighted by molar-refractivity contribution is -0.128. The van der Waals surface area contributed by atoms with Crippen LogP contribution in [-0.4, -0.2) is 61.8 Å². The fraction of sp³-hybridized carbons (Fsp3) is 0.375. The highest BCUT2D eigenvalue weighted by atomic mass is 19.1. The van der Waals surface area contributed by atoms with E-state index in [1.807, 2.05) is 18.2 Å². The van der Waals surface area contributed by atoms with Gasteiger partial charge in [0.1, 0.15) is 5.82 Å². The molecule has 2 aromatic rings. The predicted octanol–water partition coefficient (Wildman–Crippen LogP) is 2.58. The fourth-order valence-corrected chi connectivity index (χ4v) is 3.54. The van der Waals surface area contributed by atoms with Crippen LogP contribution in [0.3, 0.4) is 0 Å². The van der Waals surface area contributed by atoms with Crippen molar-refractivity contribution in [1.82, 2.24) is 15.6 Å². The van der Waals surface area contributed by atoms with Gasteiger partial charge < -0.3 is 10.1 Å². The topological polar surface area (TPSA) is 83.0 Å². The zero-order valence-electron chi connectivity index (χ0n) is 18.0. The Bertz CT molecular complexity index is 901. The molecule has 1 heterocycles. The Labute approximate surface area is 187 Å². The van der Waals surface area contributed by atoms with Crippen molar-refractivity contribution in [2.45, 2.75) is 25.3 Å². The van der Waals surface area contributed by atoms with Crippen molar-refractivity contribution in [2.24, 2.45) is 5.10 Å². The number of hydrazone groups is 1. The van der Waals surface area contributed by atoms with Crippen LogP contribution in [0.5, 0.6) is 0 Å². The molecule has 0 aromatic heterocycles. The number of hydrogen-bond donors (Lipinski definition) is 2. The van der Waals surface area contributed by atoms with Crippen molar-refractivity contribution < 1.29 is 18.7 Å². The Hall–Kier alpha value is -3.10. The van der Waals surface area contributed by atoms with Crippen LogP contribution in [0.1, 0.15) is 35.2 Å². The van der Waals surface area contributed by atoms with E-state index in [4.69, 9.17) is 4.74 Å². The molecule has 0 aliphatic carbocycles. The lowest BCUT2D eigenvalue weighted by Gasteiger charge is -2.33. The number of ether oxygens (including phenoxy) is 1. The summed E-state index contributed by atoms with van der Waals surface area (Å²) in [5.41, 5.74) is 3.49. The van der Waals surface area contributed by atoms with Gasteiger partial charge in [0, 0.05) is 30.8 Å². The second-order valence-corrected chi connectivity index (χ2v) is 7.54. The zero-order chi connectivity index (χ0) is 22.6. The van der Waals surface area contributed by atoms with Crippen LogP contribution in [0, 0.1) is 5.82 Å². The molecule has 2 amide bonds. The highest BCUT2D eigenvalue weighted by molar-refractivity contribution is 5.94. The summed E-state index contributed by atoms with van der Waals surface area (Å²) in [5.74, 6) is -0.726. The van der Waals surface area contributed by atoms with E-state index in [1.54, 1.807) is 30.3 Å². The lowest BCUT2D eigenvalue weighted by atomic mass is 10.1. The molecule has 1 saturated heterocycles. The van der Waals surface area contributed by atoms with Crippen LogP contribution < -0.4 is 10.7 Å². The normalized spacial score (nSPS) is 15.4. The summed E-state index contributed by atoms with van der Waals surface area (Å²) in [6.45, 7) is 3.03. The van der Waals surface area contributed by atoms with Crippen LogP contribution in [0.2, 0.25) is 0 Å². The highest BCUT2D eigenvalue weighted by Gasteiger charge is 2.26. The summed E-state index contributed by atoms with van der Waals surface area (Å²) in [5, 5.41) is 6.85. The minimum Gasteiger partial charge on any atom is -0.379 e. The number of morpholine rings is 1. The van der Waals surface area contributed by atoms with Crippen LogP contribution in [0.25, 0.3) is 0 Å². The molecule has 0 saturated carbocycles. The van der Waals surface area contributed by atoms with Crippen molar-refractivity contribution in [3.63, 3.8) is 0 Å². The quantitative estimate of drug-likeness (QED) is 0.338. The molecule has 1 unspecified atom stereocenters. The minimum atomic E-state index is -0.396. The number of carbonyl (C=O) groups is 2. The maximum absolute atomic E-state index is 13.7. The second-order valence-electron chi connectivity index (χ2n) is 7.54. The summed E-state index contributed by atoms with van der Waals surface area (Å²) in [6, 6.07) is 15.0. The first kappa shape index (κ1) is 23.6. The van der Waals surface area contributed by atoms with Gasteiger partial charge in [-0.05, 0) is 37.5 Å². The van der Waals surface area contributed by atoms with Gasteiger partial charge in [-0.25, -0.2) is 9.82 Å². The number of unbranched alkanes of at least 4 members (excludes halogenated alkanes) is 1. The van der Waals surface area contributed by atoms with E-state index >= 15 is 0 Å². The molecule has 170 valence electrons. The molecule has 0 spiro atoms. The summed E-state index contributed by atoms with van der Waals surface area (Å²) in [7, 11) is 0. The number of amides is 2. The number of hydrogen-bond acceptors (Lipinski definition) is 5. The molecular formula is C24H29FN4O3. The van der Waals surface area contributed by atoms with Crippen molar-refractivity contribution >= 4 is 18.0 Å². The molecule has 8 heteroatoms. The molecule has 0 bridgehead atoms. The van der Waals surface area contributed by atoms with E-state index in [0.29, 0.717) is 50.4 Å². The summed E-state index contributed by atoms with van der Waals surface area (Å²) >= 11 is 0. The van der Waals surface area contributed by atoms with Gasteiger partial charge in [-0.3, -0.25) is 14.5 Å². The molecule has 1 fully saturated rings. The third-order valence-corrected chi connectivity index (χ3v) is 5.30. The molecule has 7 nitrogen and oxygen atoms in total. The Morgan fingerprint density at radius 1 is 1.06 bits per heavy atom. The van der Waals surface area contributed by atoms with E-state index in [-0.39, 0.29) is 17.9 Å². The number of nitrogens with zero attached hydrogens (tertiary/aromatic N) is 2. The second kappa shape index (κ2) is 12.7. The fourth-order valence-electron chi connectivity index (χ4n) is 3.54. The average molecular weight is 441 g/mol. The molecule has 1 aliphatic rings. The molecule has 2 N–H and O–H groups in total. The van der Waals surface area contributed by atoms with Crippen molar-refractivity contribution in [1.29, 1.82) is 0 Å². The molecule has 1 aliphatic heterocycles. The number of carbonyl (C=O) groups excluding carboxylic acids is 2. The van der Waals surface area contributed by atoms with Gasteiger partial charge in [-0.2, -0.15) is 5.10 Å². The Balaban J connectivity index is 1.48. The summed E-state index contributed by atoms with van der Waals surface area (Å²) < 4.78 is 19.1. The number of halogens is 1. The van der Waals surface area contributed by atoms with Gasteiger partial charge in [-0.1, -0.05) is 36.4 Å². The van der Waals surface area contributed by atoms with Crippen LogP contribution in [-0.2, 0) is 9.53 Å². The molecular weight excluding hydrogens is 411 g/mol.